The number of hydrazine groups is 1. The summed E-state index contributed by atoms with van der Waals surface area (Å²) in [4.78, 5) is 36.6. The molecule has 0 saturated heterocycles. The van der Waals surface area contributed by atoms with Crippen molar-refractivity contribution in [2.45, 2.75) is 45.4 Å². The van der Waals surface area contributed by atoms with Crippen LogP contribution in [0.3, 0.4) is 0 Å². The highest BCUT2D eigenvalue weighted by Crippen LogP contribution is 2.08. The lowest BCUT2D eigenvalue weighted by molar-refractivity contribution is -0.124. The largest absolute Gasteiger partial charge is 0.444 e. The lowest BCUT2D eigenvalue weighted by atomic mass is 10.1. The summed E-state index contributed by atoms with van der Waals surface area (Å²) < 4.78 is 10.3. The summed E-state index contributed by atoms with van der Waals surface area (Å²) in [5.41, 5.74) is 5.40. The summed E-state index contributed by atoms with van der Waals surface area (Å²) in [5, 5.41) is 2.54. The molecule has 2 aromatic rings. The Labute approximate surface area is 175 Å². The van der Waals surface area contributed by atoms with Gasteiger partial charge in [0, 0.05) is 6.42 Å². The fourth-order valence-corrected chi connectivity index (χ4v) is 2.47. The van der Waals surface area contributed by atoms with Gasteiger partial charge in [-0.25, -0.2) is 15.0 Å². The van der Waals surface area contributed by atoms with Gasteiger partial charge >= 0.3 is 12.2 Å². The van der Waals surface area contributed by atoms with Gasteiger partial charge < -0.3 is 14.8 Å². The number of carbonyl (C=O) groups is 3. The van der Waals surface area contributed by atoms with Crippen LogP contribution in [0.2, 0.25) is 0 Å². The lowest BCUT2D eigenvalue weighted by Gasteiger charge is -2.23. The Hall–Kier alpha value is -3.55. The van der Waals surface area contributed by atoms with E-state index in [1.165, 1.54) is 0 Å². The van der Waals surface area contributed by atoms with Crippen LogP contribution in [0.25, 0.3) is 0 Å². The zero-order valence-corrected chi connectivity index (χ0v) is 17.3. The molecule has 3 N–H and O–H groups in total. The van der Waals surface area contributed by atoms with Crippen LogP contribution in [0.1, 0.15) is 31.9 Å². The molecular weight excluding hydrogens is 386 g/mol. The molecule has 0 aromatic heterocycles. The molecule has 2 aromatic carbocycles. The Morgan fingerprint density at radius 2 is 1.40 bits per heavy atom. The number of rotatable bonds is 6. The third-order valence-electron chi connectivity index (χ3n) is 3.79. The van der Waals surface area contributed by atoms with Crippen LogP contribution in [0.15, 0.2) is 60.7 Å². The van der Waals surface area contributed by atoms with E-state index in [0.29, 0.717) is 0 Å². The summed E-state index contributed by atoms with van der Waals surface area (Å²) in [6.07, 6.45) is -1.33. The average Bonchev–Trinajstić information content (AvgIpc) is 2.70. The van der Waals surface area contributed by atoms with Gasteiger partial charge in [0.2, 0.25) is 0 Å². The number of alkyl carbamates (subject to hydrolysis) is 1. The third kappa shape index (κ3) is 8.64. The van der Waals surface area contributed by atoms with E-state index in [-0.39, 0.29) is 13.0 Å². The van der Waals surface area contributed by atoms with Gasteiger partial charge in [-0.15, -0.1) is 0 Å². The summed E-state index contributed by atoms with van der Waals surface area (Å²) in [6.45, 7) is 5.24. The minimum absolute atomic E-state index is 0.0617. The monoisotopic (exact) mass is 413 g/mol. The van der Waals surface area contributed by atoms with Gasteiger partial charge in [-0.3, -0.25) is 10.2 Å². The van der Waals surface area contributed by atoms with Crippen molar-refractivity contribution in [1.29, 1.82) is 0 Å². The predicted molar refractivity (Wildman–Crippen MR) is 111 cm³/mol. The van der Waals surface area contributed by atoms with Gasteiger partial charge in [0.25, 0.3) is 5.91 Å². The first kappa shape index (κ1) is 22.7. The number of carbonyl (C=O) groups excluding carboxylic acids is 3. The maximum atomic E-state index is 12.6. The first-order valence-corrected chi connectivity index (χ1v) is 9.53. The van der Waals surface area contributed by atoms with Crippen molar-refractivity contribution in [3.05, 3.63) is 71.8 Å². The van der Waals surface area contributed by atoms with Crippen molar-refractivity contribution in [1.82, 2.24) is 16.2 Å². The van der Waals surface area contributed by atoms with E-state index in [4.69, 9.17) is 9.47 Å². The molecule has 0 aliphatic carbocycles. The average molecular weight is 413 g/mol. The second-order valence-corrected chi connectivity index (χ2v) is 7.56. The van der Waals surface area contributed by atoms with Crippen molar-refractivity contribution in [3.63, 3.8) is 0 Å². The van der Waals surface area contributed by atoms with Crippen LogP contribution >= 0.6 is 0 Å². The molecular formula is C22H27N3O5. The number of hydrogen-bond acceptors (Lipinski definition) is 5. The quantitative estimate of drug-likeness (QED) is 0.631. The Bertz CT molecular complexity index is 835. The number of benzene rings is 2. The Kier molecular flexibility index (Phi) is 8.22. The van der Waals surface area contributed by atoms with Crippen LogP contribution < -0.4 is 16.2 Å². The Morgan fingerprint density at radius 1 is 0.833 bits per heavy atom. The molecule has 1 atom stereocenters. The fraction of sp³-hybridized carbons (Fsp3) is 0.318. The smallest absolute Gasteiger partial charge is 0.426 e. The maximum absolute atomic E-state index is 12.6. The third-order valence-corrected chi connectivity index (χ3v) is 3.79. The molecule has 0 bridgehead atoms. The molecule has 3 amide bonds. The molecule has 0 fully saturated rings. The minimum atomic E-state index is -0.961. The number of nitrogens with one attached hydrogen (secondary N) is 3. The molecule has 0 aliphatic rings. The van der Waals surface area contributed by atoms with Crippen molar-refractivity contribution < 1.29 is 23.9 Å². The van der Waals surface area contributed by atoms with E-state index < -0.39 is 29.7 Å². The molecule has 0 saturated carbocycles. The molecule has 0 heterocycles. The highest BCUT2D eigenvalue weighted by Gasteiger charge is 2.25. The van der Waals surface area contributed by atoms with E-state index >= 15 is 0 Å². The van der Waals surface area contributed by atoms with E-state index in [0.717, 1.165) is 11.1 Å². The topological polar surface area (TPSA) is 106 Å². The SMILES string of the molecule is CC(C)(C)OC(=O)NC(Cc1ccccc1)C(=O)NNC(=O)OCc1ccccc1. The maximum Gasteiger partial charge on any atom is 0.426 e. The van der Waals surface area contributed by atoms with Crippen LogP contribution in [0.5, 0.6) is 0 Å². The summed E-state index contributed by atoms with van der Waals surface area (Å²) in [7, 11) is 0. The standard InChI is InChI=1S/C22H27N3O5/c1-22(2,3)30-20(27)23-18(14-16-10-6-4-7-11-16)19(26)24-25-21(28)29-15-17-12-8-5-9-13-17/h4-13,18H,14-15H2,1-3H3,(H,23,27)(H,24,26)(H,25,28). The van der Waals surface area contributed by atoms with E-state index in [2.05, 4.69) is 16.2 Å². The van der Waals surface area contributed by atoms with Crippen LogP contribution in [0, 0.1) is 0 Å². The van der Waals surface area contributed by atoms with Gasteiger partial charge in [-0.1, -0.05) is 60.7 Å². The van der Waals surface area contributed by atoms with Crippen molar-refractivity contribution in [2.24, 2.45) is 0 Å². The molecule has 2 rings (SSSR count). The van der Waals surface area contributed by atoms with Gasteiger partial charge in [0.05, 0.1) is 0 Å². The molecule has 0 spiro atoms. The molecule has 1 unspecified atom stereocenters. The van der Waals surface area contributed by atoms with Gasteiger partial charge in [-0.2, -0.15) is 0 Å². The molecule has 0 radical (unpaired) electrons. The van der Waals surface area contributed by atoms with E-state index in [1.807, 2.05) is 60.7 Å². The van der Waals surface area contributed by atoms with Crippen molar-refractivity contribution >= 4 is 18.1 Å². The molecule has 8 heteroatoms. The minimum Gasteiger partial charge on any atom is -0.444 e. The van der Waals surface area contributed by atoms with Crippen molar-refractivity contribution in [2.75, 3.05) is 0 Å². The van der Waals surface area contributed by atoms with E-state index in [9.17, 15) is 14.4 Å². The molecule has 30 heavy (non-hydrogen) atoms. The lowest BCUT2D eigenvalue weighted by Crippen LogP contribution is -2.53. The second kappa shape index (κ2) is 10.8. The van der Waals surface area contributed by atoms with Crippen LogP contribution in [-0.4, -0.2) is 29.7 Å². The zero-order valence-electron chi connectivity index (χ0n) is 17.3. The van der Waals surface area contributed by atoms with Gasteiger partial charge in [0.15, 0.2) is 0 Å². The zero-order chi connectivity index (χ0) is 22.0. The summed E-state index contributed by atoms with van der Waals surface area (Å²) in [5.74, 6) is -0.610. The van der Waals surface area contributed by atoms with Crippen molar-refractivity contribution in [3.8, 4) is 0 Å². The number of amides is 3. The fourth-order valence-electron chi connectivity index (χ4n) is 2.47. The highest BCUT2D eigenvalue weighted by molar-refractivity contribution is 5.87. The molecule has 0 aliphatic heterocycles. The summed E-state index contributed by atoms with van der Waals surface area (Å²) in [6, 6.07) is 17.4. The molecule has 8 nitrogen and oxygen atoms in total. The number of ether oxygens (including phenoxy) is 2. The van der Waals surface area contributed by atoms with Crippen LogP contribution in [-0.2, 0) is 27.3 Å². The van der Waals surface area contributed by atoms with Gasteiger partial charge in [0.1, 0.15) is 18.2 Å². The number of hydrogen-bond donors (Lipinski definition) is 3. The van der Waals surface area contributed by atoms with Crippen LogP contribution in [0.4, 0.5) is 9.59 Å². The summed E-state index contributed by atoms with van der Waals surface area (Å²) >= 11 is 0. The Balaban J connectivity index is 1.92. The first-order chi connectivity index (χ1) is 14.2. The normalized spacial score (nSPS) is 11.7. The highest BCUT2D eigenvalue weighted by atomic mass is 16.6. The van der Waals surface area contributed by atoms with Gasteiger partial charge in [-0.05, 0) is 31.9 Å². The first-order valence-electron chi connectivity index (χ1n) is 9.53. The second-order valence-electron chi connectivity index (χ2n) is 7.56. The predicted octanol–water partition coefficient (Wildman–Crippen LogP) is 3.08. The molecule has 160 valence electrons. The van der Waals surface area contributed by atoms with E-state index in [1.54, 1.807) is 20.8 Å². The Morgan fingerprint density at radius 3 is 1.97 bits per heavy atom.